The molecule has 1 aromatic heterocycles. The number of aryl methyl sites for hydroxylation is 1. The van der Waals surface area contributed by atoms with Crippen LogP contribution < -0.4 is 19.5 Å². The van der Waals surface area contributed by atoms with Crippen molar-refractivity contribution in [1.29, 1.82) is 0 Å². The van der Waals surface area contributed by atoms with E-state index >= 15 is 0 Å². The fraction of sp³-hybridized carbons (Fsp3) is 0.462. The maximum Gasteiger partial charge on any atom is 0.252 e. The predicted octanol–water partition coefficient (Wildman–Crippen LogP) is 5.52. The van der Waals surface area contributed by atoms with Crippen LogP contribution in [-0.4, -0.2) is 36.8 Å². The summed E-state index contributed by atoms with van der Waals surface area (Å²) in [5.74, 6) is 1.95. The lowest BCUT2D eigenvalue weighted by molar-refractivity contribution is 0.0936. The molecule has 0 aliphatic carbocycles. The summed E-state index contributed by atoms with van der Waals surface area (Å²) in [6, 6.07) is 11.1. The van der Waals surface area contributed by atoms with Crippen LogP contribution in [0.25, 0.3) is 11.0 Å². The van der Waals surface area contributed by atoms with E-state index in [0.29, 0.717) is 22.8 Å². The fourth-order valence-corrected chi connectivity index (χ4v) is 4.09. The zero-order valence-electron chi connectivity index (χ0n) is 20.3. The summed E-state index contributed by atoms with van der Waals surface area (Å²) >= 11 is 0. The molecule has 1 atom stereocenters. The Morgan fingerprint density at radius 1 is 1.00 bits per heavy atom. The molecule has 3 aromatic rings. The number of methoxy groups -OCH3 is 3. The first kappa shape index (κ1) is 24.4. The summed E-state index contributed by atoms with van der Waals surface area (Å²) in [5, 5.41) is 3.09. The molecule has 0 aliphatic rings. The van der Waals surface area contributed by atoms with Crippen LogP contribution in [0.1, 0.15) is 68.2 Å². The van der Waals surface area contributed by atoms with E-state index in [1.165, 1.54) is 47.0 Å². The number of benzene rings is 2. The number of imidazole rings is 1. The third-order valence-electron chi connectivity index (χ3n) is 5.83. The van der Waals surface area contributed by atoms with Gasteiger partial charge in [0.2, 0.25) is 5.75 Å². The van der Waals surface area contributed by atoms with E-state index in [4.69, 9.17) is 19.2 Å². The summed E-state index contributed by atoms with van der Waals surface area (Å²) in [7, 11) is 4.60. The van der Waals surface area contributed by atoms with Gasteiger partial charge in [0.25, 0.3) is 5.91 Å². The van der Waals surface area contributed by atoms with Crippen LogP contribution >= 0.6 is 0 Å². The standard InChI is InChI=1S/C26H35N3O4/c1-6-7-8-9-12-15-29-21-14-11-10-13-20(21)28-25(29)18(2)27-26(30)19-16-22(31-3)24(33-5)23(17-19)32-4/h10-11,13-14,16-18H,6-9,12,15H2,1-5H3,(H,27,30). The van der Waals surface area contributed by atoms with E-state index in [9.17, 15) is 4.79 Å². The smallest absolute Gasteiger partial charge is 0.252 e. The number of carbonyl (C=O) groups is 1. The first-order valence-corrected chi connectivity index (χ1v) is 11.6. The number of fused-ring (bicyclic) bond motifs is 1. The van der Waals surface area contributed by atoms with Gasteiger partial charge in [0.1, 0.15) is 5.82 Å². The highest BCUT2D eigenvalue weighted by atomic mass is 16.5. The second kappa shape index (κ2) is 11.6. The number of hydrogen-bond donors (Lipinski definition) is 1. The van der Waals surface area contributed by atoms with Crippen LogP contribution in [0, 0.1) is 0 Å². The van der Waals surface area contributed by atoms with E-state index < -0.39 is 0 Å². The second-order valence-corrected chi connectivity index (χ2v) is 8.13. The van der Waals surface area contributed by atoms with Gasteiger partial charge in [-0.2, -0.15) is 0 Å². The average molecular weight is 454 g/mol. The van der Waals surface area contributed by atoms with Crippen LogP contribution in [0.3, 0.4) is 0 Å². The lowest BCUT2D eigenvalue weighted by Crippen LogP contribution is -2.29. The van der Waals surface area contributed by atoms with Gasteiger partial charge in [0.15, 0.2) is 11.5 Å². The number of hydrogen-bond acceptors (Lipinski definition) is 5. The maximum atomic E-state index is 13.1. The molecule has 3 rings (SSSR count). The molecule has 0 saturated heterocycles. The number of ether oxygens (including phenoxy) is 3. The first-order valence-electron chi connectivity index (χ1n) is 11.6. The van der Waals surface area contributed by atoms with Gasteiger partial charge >= 0.3 is 0 Å². The molecule has 2 aromatic carbocycles. The number of unbranched alkanes of at least 4 members (excludes halogenated alkanes) is 4. The van der Waals surface area contributed by atoms with E-state index in [0.717, 1.165) is 29.8 Å². The Kier molecular flexibility index (Phi) is 8.58. The molecular weight excluding hydrogens is 418 g/mol. The number of aromatic nitrogens is 2. The number of para-hydroxylation sites is 2. The lowest BCUT2D eigenvalue weighted by Gasteiger charge is -2.18. The van der Waals surface area contributed by atoms with Crippen LogP contribution in [-0.2, 0) is 6.54 Å². The van der Waals surface area contributed by atoms with Crippen molar-refractivity contribution >= 4 is 16.9 Å². The molecule has 0 saturated carbocycles. The molecule has 7 heteroatoms. The SMILES string of the molecule is CCCCCCCn1c(C(C)NC(=O)c2cc(OC)c(OC)c(OC)c2)nc2ccccc21. The number of nitrogens with one attached hydrogen (secondary N) is 1. The lowest BCUT2D eigenvalue weighted by atomic mass is 10.1. The van der Waals surface area contributed by atoms with Crippen LogP contribution in [0.2, 0.25) is 0 Å². The Hall–Kier alpha value is -3.22. The highest BCUT2D eigenvalue weighted by molar-refractivity contribution is 5.96. The Bertz CT molecular complexity index is 1050. The van der Waals surface area contributed by atoms with Gasteiger partial charge in [0.05, 0.1) is 38.4 Å². The van der Waals surface area contributed by atoms with Crippen LogP contribution in [0.5, 0.6) is 17.2 Å². The third-order valence-corrected chi connectivity index (χ3v) is 5.83. The second-order valence-electron chi connectivity index (χ2n) is 8.13. The Balaban J connectivity index is 1.83. The van der Waals surface area contributed by atoms with Crippen molar-refractivity contribution in [2.24, 2.45) is 0 Å². The Morgan fingerprint density at radius 2 is 1.67 bits per heavy atom. The van der Waals surface area contributed by atoms with Crippen molar-refractivity contribution in [3.63, 3.8) is 0 Å². The van der Waals surface area contributed by atoms with E-state index in [2.05, 4.69) is 22.9 Å². The minimum Gasteiger partial charge on any atom is -0.493 e. The number of carbonyl (C=O) groups excluding carboxylic acids is 1. The minimum atomic E-state index is -0.278. The van der Waals surface area contributed by atoms with Gasteiger partial charge in [-0.15, -0.1) is 0 Å². The van der Waals surface area contributed by atoms with Crippen molar-refractivity contribution in [1.82, 2.24) is 14.9 Å². The van der Waals surface area contributed by atoms with Gasteiger partial charge < -0.3 is 24.1 Å². The van der Waals surface area contributed by atoms with E-state index in [1.807, 2.05) is 25.1 Å². The van der Waals surface area contributed by atoms with Gasteiger partial charge in [0, 0.05) is 12.1 Å². The van der Waals surface area contributed by atoms with Crippen molar-refractivity contribution in [3.05, 3.63) is 47.8 Å². The monoisotopic (exact) mass is 453 g/mol. The van der Waals surface area contributed by atoms with Gasteiger partial charge in [-0.1, -0.05) is 44.7 Å². The number of nitrogens with zero attached hydrogens (tertiary/aromatic N) is 2. The van der Waals surface area contributed by atoms with E-state index in [1.54, 1.807) is 12.1 Å². The zero-order chi connectivity index (χ0) is 23.8. The molecule has 0 spiro atoms. The van der Waals surface area contributed by atoms with Crippen LogP contribution in [0.4, 0.5) is 0 Å². The molecule has 0 fully saturated rings. The summed E-state index contributed by atoms with van der Waals surface area (Å²) in [5.41, 5.74) is 2.46. The normalized spacial score (nSPS) is 11.9. The molecule has 1 unspecified atom stereocenters. The number of rotatable bonds is 12. The topological polar surface area (TPSA) is 74.6 Å². The van der Waals surface area contributed by atoms with E-state index in [-0.39, 0.29) is 11.9 Å². The van der Waals surface area contributed by atoms with Gasteiger partial charge in [-0.05, 0) is 37.6 Å². The molecule has 178 valence electrons. The molecule has 1 N–H and O–H groups in total. The largest absolute Gasteiger partial charge is 0.493 e. The Labute approximate surface area is 196 Å². The summed E-state index contributed by atoms with van der Waals surface area (Å²) in [6.07, 6.45) is 6.00. The molecule has 1 amide bonds. The molecule has 7 nitrogen and oxygen atoms in total. The minimum absolute atomic E-state index is 0.233. The van der Waals surface area contributed by atoms with Gasteiger partial charge in [-0.25, -0.2) is 4.98 Å². The average Bonchev–Trinajstić information content (AvgIpc) is 3.21. The fourth-order valence-electron chi connectivity index (χ4n) is 4.09. The first-order chi connectivity index (χ1) is 16.0. The quantitative estimate of drug-likeness (QED) is 0.365. The Morgan fingerprint density at radius 3 is 2.30 bits per heavy atom. The van der Waals surface area contributed by atoms with Crippen LogP contribution in [0.15, 0.2) is 36.4 Å². The molecular formula is C26H35N3O4. The molecule has 1 heterocycles. The summed E-state index contributed by atoms with van der Waals surface area (Å²) < 4.78 is 18.4. The zero-order valence-corrected chi connectivity index (χ0v) is 20.3. The molecule has 0 bridgehead atoms. The molecule has 33 heavy (non-hydrogen) atoms. The molecule has 0 aliphatic heterocycles. The summed E-state index contributed by atoms with van der Waals surface area (Å²) in [4.78, 5) is 18.0. The highest BCUT2D eigenvalue weighted by Crippen LogP contribution is 2.38. The molecule has 0 radical (unpaired) electrons. The van der Waals surface area contributed by atoms with Gasteiger partial charge in [-0.3, -0.25) is 4.79 Å². The van der Waals surface area contributed by atoms with Crippen molar-refractivity contribution in [2.45, 2.75) is 58.5 Å². The van der Waals surface area contributed by atoms with Crippen molar-refractivity contribution in [3.8, 4) is 17.2 Å². The maximum absolute atomic E-state index is 13.1. The highest BCUT2D eigenvalue weighted by Gasteiger charge is 2.21. The predicted molar refractivity (Wildman–Crippen MR) is 130 cm³/mol. The number of amides is 1. The third kappa shape index (κ3) is 5.59. The van der Waals surface area contributed by atoms with Crippen molar-refractivity contribution in [2.75, 3.05) is 21.3 Å². The van der Waals surface area contributed by atoms with Crippen molar-refractivity contribution < 1.29 is 19.0 Å². The summed E-state index contributed by atoms with van der Waals surface area (Å²) in [6.45, 7) is 5.06.